The van der Waals surface area contributed by atoms with Crippen LogP contribution in [-0.4, -0.2) is 36.6 Å². The standard InChI is InChI=1S/C20H26O6/c1-24-18-10-13(11-19(25-2)20(18)26-3)6-4-5-7-15(21)14-8-9-16(22)17(23)12-14/h8-12,15,21-23H,4-7H2,1-3H3/t15-/m0/s1. The van der Waals surface area contributed by atoms with E-state index in [-0.39, 0.29) is 11.5 Å². The Morgan fingerprint density at radius 3 is 2.04 bits per heavy atom. The van der Waals surface area contributed by atoms with Gasteiger partial charge in [0, 0.05) is 0 Å². The van der Waals surface area contributed by atoms with Gasteiger partial charge in [-0.15, -0.1) is 0 Å². The first-order chi connectivity index (χ1) is 12.5. The highest BCUT2D eigenvalue weighted by molar-refractivity contribution is 5.53. The fourth-order valence-electron chi connectivity index (χ4n) is 2.86. The molecule has 0 heterocycles. The van der Waals surface area contributed by atoms with Gasteiger partial charge in [0.1, 0.15) is 0 Å². The van der Waals surface area contributed by atoms with Crippen molar-refractivity contribution in [3.63, 3.8) is 0 Å². The predicted octanol–water partition coefficient (Wildman–Crippen LogP) is 3.57. The minimum absolute atomic E-state index is 0.191. The third-order valence-corrected chi connectivity index (χ3v) is 4.30. The Labute approximate surface area is 153 Å². The van der Waals surface area contributed by atoms with Gasteiger partial charge in [0.25, 0.3) is 0 Å². The second-order valence-electron chi connectivity index (χ2n) is 6.04. The minimum atomic E-state index is -0.679. The van der Waals surface area contributed by atoms with E-state index in [1.807, 2.05) is 12.1 Å². The average Bonchev–Trinajstić information content (AvgIpc) is 2.66. The number of aromatic hydroxyl groups is 2. The van der Waals surface area contributed by atoms with Gasteiger partial charge in [-0.1, -0.05) is 12.5 Å². The lowest BCUT2D eigenvalue weighted by atomic mass is 10.0. The molecule has 0 unspecified atom stereocenters. The summed E-state index contributed by atoms with van der Waals surface area (Å²) in [7, 11) is 4.75. The van der Waals surface area contributed by atoms with Gasteiger partial charge in [0.15, 0.2) is 23.0 Å². The van der Waals surface area contributed by atoms with E-state index in [0.717, 1.165) is 24.8 Å². The summed E-state index contributed by atoms with van der Waals surface area (Å²) in [5, 5.41) is 29.1. The molecule has 26 heavy (non-hydrogen) atoms. The lowest BCUT2D eigenvalue weighted by Crippen LogP contribution is -1.99. The zero-order valence-corrected chi connectivity index (χ0v) is 15.4. The molecule has 0 amide bonds. The van der Waals surface area contributed by atoms with Crippen molar-refractivity contribution >= 4 is 0 Å². The van der Waals surface area contributed by atoms with Crippen LogP contribution in [0.5, 0.6) is 28.7 Å². The van der Waals surface area contributed by atoms with Crippen molar-refractivity contribution in [2.45, 2.75) is 31.8 Å². The Morgan fingerprint density at radius 1 is 0.846 bits per heavy atom. The van der Waals surface area contributed by atoms with Crippen LogP contribution >= 0.6 is 0 Å². The normalized spacial score (nSPS) is 11.8. The van der Waals surface area contributed by atoms with Crippen molar-refractivity contribution in [2.24, 2.45) is 0 Å². The molecule has 0 aliphatic heterocycles. The van der Waals surface area contributed by atoms with Gasteiger partial charge < -0.3 is 29.5 Å². The summed E-state index contributed by atoms with van der Waals surface area (Å²) < 4.78 is 16.0. The van der Waals surface area contributed by atoms with Crippen LogP contribution in [0.3, 0.4) is 0 Å². The highest BCUT2D eigenvalue weighted by atomic mass is 16.5. The molecule has 0 spiro atoms. The number of ether oxygens (including phenoxy) is 3. The molecule has 0 aliphatic rings. The van der Waals surface area contributed by atoms with Gasteiger partial charge in [-0.2, -0.15) is 0 Å². The number of aliphatic hydroxyl groups excluding tert-OH is 1. The van der Waals surface area contributed by atoms with Gasteiger partial charge in [-0.3, -0.25) is 0 Å². The van der Waals surface area contributed by atoms with Crippen molar-refractivity contribution in [1.29, 1.82) is 0 Å². The molecule has 0 aromatic heterocycles. The van der Waals surface area contributed by atoms with Crippen LogP contribution in [-0.2, 0) is 6.42 Å². The van der Waals surface area contributed by atoms with E-state index in [1.165, 1.54) is 12.1 Å². The highest BCUT2D eigenvalue weighted by Crippen LogP contribution is 2.38. The van der Waals surface area contributed by atoms with Gasteiger partial charge in [0.05, 0.1) is 27.4 Å². The predicted molar refractivity (Wildman–Crippen MR) is 98.4 cm³/mol. The Hall–Kier alpha value is -2.60. The zero-order valence-electron chi connectivity index (χ0n) is 15.4. The van der Waals surface area contributed by atoms with E-state index in [4.69, 9.17) is 14.2 Å². The van der Waals surface area contributed by atoms with Crippen molar-refractivity contribution < 1.29 is 29.5 Å². The fourth-order valence-corrected chi connectivity index (χ4v) is 2.86. The Bertz CT molecular complexity index is 703. The fraction of sp³-hybridized carbons (Fsp3) is 0.400. The summed E-state index contributed by atoms with van der Waals surface area (Å²) in [6.45, 7) is 0. The van der Waals surface area contributed by atoms with Gasteiger partial charge in [0.2, 0.25) is 5.75 Å². The maximum Gasteiger partial charge on any atom is 0.203 e. The number of unbranched alkanes of at least 4 members (excludes halogenated alkanes) is 1. The summed E-state index contributed by atoms with van der Waals surface area (Å²) in [6.07, 6.45) is 2.37. The molecule has 0 bridgehead atoms. The first kappa shape index (κ1) is 19.7. The molecule has 6 heteroatoms. The highest BCUT2D eigenvalue weighted by Gasteiger charge is 2.14. The Kier molecular flexibility index (Phi) is 6.97. The van der Waals surface area contributed by atoms with Crippen molar-refractivity contribution in [2.75, 3.05) is 21.3 Å². The van der Waals surface area contributed by atoms with Crippen LogP contribution in [0.2, 0.25) is 0 Å². The maximum atomic E-state index is 10.2. The van der Waals surface area contributed by atoms with Gasteiger partial charge in [-0.25, -0.2) is 0 Å². The number of phenolic OH excluding ortho intramolecular Hbond substituents is 2. The van der Waals surface area contributed by atoms with Crippen LogP contribution in [0.1, 0.15) is 36.5 Å². The number of aryl methyl sites for hydroxylation is 1. The molecule has 3 N–H and O–H groups in total. The Morgan fingerprint density at radius 2 is 1.50 bits per heavy atom. The molecule has 2 aromatic rings. The van der Waals surface area contributed by atoms with Crippen molar-refractivity contribution in [3.05, 3.63) is 41.5 Å². The van der Waals surface area contributed by atoms with Crippen molar-refractivity contribution in [3.8, 4) is 28.7 Å². The molecule has 2 aromatic carbocycles. The van der Waals surface area contributed by atoms with Crippen LogP contribution in [0, 0.1) is 0 Å². The van der Waals surface area contributed by atoms with Crippen LogP contribution in [0.15, 0.2) is 30.3 Å². The summed E-state index contributed by atoms with van der Waals surface area (Å²) >= 11 is 0. The first-order valence-corrected chi connectivity index (χ1v) is 8.49. The van der Waals surface area contributed by atoms with Gasteiger partial charge in [-0.05, 0) is 54.7 Å². The lowest BCUT2D eigenvalue weighted by molar-refractivity contribution is 0.163. The lowest BCUT2D eigenvalue weighted by Gasteiger charge is -2.14. The maximum absolute atomic E-state index is 10.2. The quantitative estimate of drug-likeness (QED) is 0.467. The number of rotatable bonds is 9. The third-order valence-electron chi connectivity index (χ3n) is 4.30. The van der Waals surface area contributed by atoms with E-state index in [1.54, 1.807) is 27.4 Å². The first-order valence-electron chi connectivity index (χ1n) is 8.49. The molecule has 0 radical (unpaired) electrons. The molecule has 0 aliphatic carbocycles. The number of benzene rings is 2. The minimum Gasteiger partial charge on any atom is -0.504 e. The summed E-state index contributed by atoms with van der Waals surface area (Å²) in [5.74, 6) is 1.41. The molecular formula is C20H26O6. The molecule has 142 valence electrons. The van der Waals surface area contributed by atoms with Gasteiger partial charge >= 0.3 is 0 Å². The summed E-state index contributed by atoms with van der Waals surface area (Å²) in [6, 6.07) is 8.23. The average molecular weight is 362 g/mol. The number of aliphatic hydroxyl groups is 1. The third kappa shape index (κ3) is 4.73. The molecule has 1 atom stereocenters. The zero-order chi connectivity index (χ0) is 19.1. The monoisotopic (exact) mass is 362 g/mol. The summed E-state index contributed by atoms with van der Waals surface area (Å²) in [4.78, 5) is 0. The van der Waals surface area contributed by atoms with E-state index in [2.05, 4.69) is 0 Å². The number of hydrogen-bond donors (Lipinski definition) is 3. The molecule has 6 nitrogen and oxygen atoms in total. The summed E-state index contributed by atoms with van der Waals surface area (Å²) in [5.41, 5.74) is 1.66. The largest absolute Gasteiger partial charge is 0.504 e. The molecule has 2 rings (SSSR count). The van der Waals surface area contributed by atoms with E-state index in [0.29, 0.717) is 29.2 Å². The number of phenols is 2. The second-order valence-corrected chi connectivity index (χ2v) is 6.04. The van der Waals surface area contributed by atoms with E-state index >= 15 is 0 Å². The van der Waals surface area contributed by atoms with E-state index < -0.39 is 6.10 Å². The van der Waals surface area contributed by atoms with Crippen LogP contribution < -0.4 is 14.2 Å². The molecule has 0 fully saturated rings. The van der Waals surface area contributed by atoms with Crippen LogP contribution in [0.4, 0.5) is 0 Å². The smallest absolute Gasteiger partial charge is 0.203 e. The topological polar surface area (TPSA) is 88.4 Å². The van der Waals surface area contributed by atoms with E-state index in [9.17, 15) is 15.3 Å². The van der Waals surface area contributed by atoms with Crippen LogP contribution in [0.25, 0.3) is 0 Å². The molecule has 0 saturated heterocycles. The number of hydrogen-bond acceptors (Lipinski definition) is 6. The second kappa shape index (κ2) is 9.20. The molecular weight excluding hydrogens is 336 g/mol. The molecule has 0 saturated carbocycles. The van der Waals surface area contributed by atoms with Crippen molar-refractivity contribution in [1.82, 2.24) is 0 Å². The SMILES string of the molecule is COc1cc(CCCC[C@H](O)c2ccc(O)c(O)c2)cc(OC)c1OC. The number of methoxy groups -OCH3 is 3. The Balaban J connectivity index is 1.92.